The predicted molar refractivity (Wildman–Crippen MR) is 91.3 cm³/mol. The second kappa shape index (κ2) is 7.73. The van der Waals surface area contributed by atoms with Crippen LogP contribution in [0.1, 0.15) is 29.2 Å². The fourth-order valence-electron chi connectivity index (χ4n) is 2.77. The number of carbonyl (C=O) groups is 2. The average Bonchev–Trinajstić information content (AvgIpc) is 2.58. The molecule has 0 aliphatic heterocycles. The molecule has 2 aromatic rings. The summed E-state index contributed by atoms with van der Waals surface area (Å²) in [5.74, 6) is -3.01. The third-order valence-electron chi connectivity index (χ3n) is 4.06. The quantitative estimate of drug-likeness (QED) is 0.663. The van der Waals surface area contributed by atoms with Crippen molar-refractivity contribution < 1.29 is 29.6 Å². The molecule has 1 heterocycles. The molecule has 1 aromatic carbocycles. The number of esters is 1. The van der Waals surface area contributed by atoms with Gasteiger partial charge in [0.05, 0.1) is 19.1 Å². The number of benzene rings is 1. The fourth-order valence-corrected chi connectivity index (χ4v) is 2.77. The molecule has 0 bridgehead atoms. The van der Waals surface area contributed by atoms with Gasteiger partial charge >= 0.3 is 11.9 Å². The number of methoxy groups -OCH3 is 1. The number of carboxylic acid groups (broad SMARTS) is 1. The van der Waals surface area contributed by atoms with Gasteiger partial charge in [-0.2, -0.15) is 0 Å². The van der Waals surface area contributed by atoms with E-state index in [-0.39, 0.29) is 29.2 Å². The van der Waals surface area contributed by atoms with E-state index in [9.17, 15) is 24.6 Å². The molecule has 0 amide bonds. The molecule has 0 spiro atoms. The number of hydrogen-bond donors (Lipinski definition) is 3. The Morgan fingerprint density at radius 1 is 1.19 bits per heavy atom. The molecule has 26 heavy (non-hydrogen) atoms. The molecule has 0 aliphatic rings. The van der Waals surface area contributed by atoms with Crippen molar-refractivity contribution in [3.63, 3.8) is 0 Å². The number of aliphatic carboxylic acids is 1. The van der Waals surface area contributed by atoms with Gasteiger partial charge in [-0.05, 0) is 30.7 Å². The maximum Gasteiger partial charge on any atom is 0.323 e. The topological polar surface area (TPSA) is 126 Å². The number of rotatable bonds is 6. The minimum Gasteiger partial charge on any atom is -0.508 e. The number of phenols is 1. The SMILES string of the molecule is COC(=O)C[C@H](c1ccc(O)cc1)c1c(O)cc(C)n(CC(=O)O)c1=O. The number of pyridine rings is 1. The van der Waals surface area contributed by atoms with Crippen molar-refractivity contribution in [3.05, 3.63) is 57.5 Å². The summed E-state index contributed by atoms with van der Waals surface area (Å²) < 4.78 is 5.69. The Hall–Kier alpha value is -3.29. The van der Waals surface area contributed by atoms with Crippen LogP contribution in [0.3, 0.4) is 0 Å². The lowest BCUT2D eigenvalue weighted by atomic mass is 9.88. The summed E-state index contributed by atoms with van der Waals surface area (Å²) in [6.45, 7) is 0.933. The number of phenolic OH excluding ortho intramolecular Hbond substituents is 1. The molecule has 0 fully saturated rings. The third-order valence-corrected chi connectivity index (χ3v) is 4.06. The van der Waals surface area contributed by atoms with Gasteiger partial charge in [-0.25, -0.2) is 0 Å². The van der Waals surface area contributed by atoms with E-state index in [4.69, 9.17) is 5.11 Å². The van der Waals surface area contributed by atoms with Crippen molar-refractivity contribution in [2.75, 3.05) is 7.11 Å². The van der Waals surface area contributed by atoms with Crippen molar-refractivity contribution in [1.29, 1.82) is 0 Å². The number of aromatic nitrogens is 1. The van der Waals surface area contributed by atoms with Gasteiger partial charge in [0.2, 0.25) is 0 Å². The summed E-state index contributed by atoms with van der Waals surface area (Å²) in [6.07, 6.45) is -0.236. The number of nitrogens with zero attached hydrogens (tertiary/aromatic N) is 1. The first-order valence-corrected chi connectivity index (χ1v) is 7.75. The molecule has 3 N–H and O–H groups in total. The Bertz CT molecular complexity index is 884. The minimum absolute atomic E-state index is 0.00184. The zero-order valence-electron chi connectivity index (χ0n) is 14.3. The number of carbonyl (C=O) groups excluding carboxylic acids is 1. The average molecular weight is 361 g/mol. The van der Waals surface area contributed by atoms with E-state index in [2.05, 4.69) is 4.74 Å². The van der Waals surface area contributed by atoms with Crippen LogP contribution in [0.15, 0.2) is 35.1 Å². The van der Waals surface area contributed by atoms with Crippen molar-refractivity contribution >= 4 is 11.9 Å². The highest BCUT2D eigenvalue weighted by Gasteiger charge is 2.27. The molecule has 8 heteroatoms. The first-order valence-electron chi connectivity index (χ1n) is 7.75. The number of ether oxygens (including phenoxy) is 1. The molecular formula is C18H19NO7. The second-order valence-corrected chi connectivity index (χ2v) is 5.79. The lowest BCUT2D eigenvalue weighted by Gasteiger charge is -2.20. The standard InChI is InChI=1S/C18H19NO7/c1-10-7-14(21)17(18(25)19(10)9-15(22)23)13(8-16(24)26-2)11-3-5-12(20)6-4-11/h3-7,13,20-21H,8-9H2,1-2H3,(H,22,23)/t13-/m1/s1. The van der Waals surface area contributed by atoms with Gasteiger partial charge in [0.15, 0.2) is 0 Å². The van der Waals surface area contributed by atoms with Crippen molar-refractivity contribution in [3.8, 4) is 11.5 Å². The van der Waals surface area contributed by atoms with Crippen LogP contribution in [0.4, 0.5) is 0 Å². The Balaban J connectivity index is 2.67. The molecule has 0 saturated carbocycles. The monoisotopic (exact) mass is 361 g/mol. The zero-order valence-corrected chi connectivity index (χ0v) is 14.3. The Morgan fingerprint density at radius 3 is 2.35 bits per heavy atom. The summed E-state index contributed by atoms with van der Waals surface area (Å²) in [4.78, 5) is 35.7. The molecule has 138 valence electrons. The number of aryl methyl sites for hydroxylation is 1. The van der Waals surface area contributed by atoms with Crippen LogP contribution in [0.2, 0.25) is 0 Å². The summed E-state index contributed by atoms with van der Waals surface area (Å²) in [6, 6.07) is 7.10. The van der Waals surface area contributed by atoms with Gasteiger partial charge in [-0.3, -0.25) is 14.4 Å². The van der Waals surface area contributed by atoms with E-state index in [0.29, 0.717) is 5.56 Å². The normalized spacial score (nSPS) is 11.8. The molecule has 0 aliphatic carbocycles. The van der Waals surface area contributed by atoms with Crippen molar-refractivity contribution in [2.24, 2.45) is 0 Å². The van der Waals surface area contributed by atoms with E-state index in [0.717, 1.165) is 4.57 Å². The Labute approximate surface area is 148 Å². The third kappa shape index (κ3) is 4.02. The Kier molecular flexibility index (Phi) is 5.66. The first-order chi connectivity index (χ1) is 12.2. The molecule has 0 radical (unpaired) electrons. The molecule has 0 unspecified atom stereocenters. The summed E-state index contributed by atoms with van der Waals surface area (Å²) >= 11 is 0. The van der Waals surface area contributed by atoms with E-state index >= 15 is 0 Å². The highest BCUT2D eigenvalue weighted by molar-refractivity contribution is 5.71. The maximum atomic E-state index is 12.8. The van der Waals surface area contributed by atoms with Crippen molar-refractivity contribution in [1.82, 2.24) is 4.57 Å². The summed E-state index contributed by atoms with van der Waals surface area (Å²) in [7, 11) is 1.20. The maximum absolute atomic E-state index is 12.8. The molecule has 2 rings (SSSR count). The van der Waals surface area contributed by atoms with Gasteiger partial charge in [-0.1, -0.05) is 12.1 Å². The first kappa shape index (κ1) is 19.0. The number of hydrogen-bond acceptors (Lipinski definition) is 6. The van der Waals surface area contributed by atoms with Crippen LogP contribution >= 0.6 is 0 Å². The van der Waals surface area contributed by atoms with Crippen LogP contribution in [0.25, 0.3) is 0 Å². The summed E-state index contributed by atoms with van der Waals surface area (Å²) in [5, 5.41) is 28.8. The van der Waals surface area contributed by atoms with Crippen molar-refractivity contribution in [2.45, 2.75) is 25.8 Å². The van der Waals surface area contributed by atoms with E-state index < -0.39 is 30.0 Å². The number of aromatic hydroxyl groups is 2. The zero-order chi connectivity index (χ0) is 19.4. The molecule has 1 aromatic heterocycles. The molecular weight excluding hydrogens is 342 g/mol. The van der Waals surface area contributed by atoms with Gasteiger partial charge in [0, 0.05) is 11.6 Å². The second-order valence-electron chi connectivity index (χ2n) is 5.79. The highest BCUT2D eigenvalue weighted by atomic mass is 16.5. The molecule has 1 atom stereocenters. The van der Waals surface area contributed by atoms with Gasteiger partial charge < -0.3 is 24.6 Å². The Morgan fingerprint density at radius 2 is 1.81 bits per heavy atom. The lowest BCUT2D eigenvalue weighted by molar-refractivity contribution is -0.141. The lowest BCUT2D eigenvalue weighted by Crippen LogP contribution is -2.30. The molecule has 8 nitrogen and oxygen atoms in total. The van der Waals surface area contributed by atoms with Crippen LogP contribution in [0, 0.1) is 6.92 Å². The van der Waals surface area contributed by atoms with Crippen LogP contribution in [0.5, 0.6) is 11.5 Å². The van der Waals surface area contributed by atoms with Gasteiger partial charge in [0.1, 0.15) is 18.0 Å². The number of carboxylic acids is 1. The summed E-state index contributed by atoms with van der Waals surface area (Å²) in [5.41, 5.74) is -0.0349. The molecule has 0 saturated heterocycles. The van der Waals surface area contributed by atoms with Gasteiger partial charge in [0.25, 0.3) is 5.56 Å². The predicted octanol–water partition coefficient (Wildman–Crippen LogP) is 1.35. The minimum atomic E-state index is -1.21. The smallest absolute Gasteiger partial charge is 0.323 e. The largest absolute Gasteiger partial charge is 0.508 e. The van der Waals surface area contributed by atoms with E-state index in [1.165, 1.54) is 44.4 Å². The fraction of sp³-hybridized carbons (Fsp3) is 0.278. The van der Waals surface area contributed by atoms with Crippen LogP contribution in [-0.4, -0.2) is 38.9 Å². The van der Waals surface area contributed by atoms with Crippen LogP contribution < -0.4 is 5.56 Å². The van der Waals surface area contributed by atoms with Gasteiger partial charge in [-0.15, -0.1) is 0 Å². The van der Waals surface area contributed by atoms with E-state index in [1.807, 2.05) is 0 Å². The van der Waals surface area contributed by atoms with E-state index in [1.54, 1.807) is 0 Å². The highest BCUT2D eigenvalue weighted by Crippen LogP contribution is 2.33. The van der Waals surface area contributed by atoms with Crippen LogP contribution in [-0.2, 0) is 20.9 Å².